The first-order valence-corrected chi connectivity index (χ1v) is 8.51. The number of hydrogen-bond acceptors (Lipinski definition) is 4. The van der Waals surface area contributed by atoms with E-state index in [2.05, 4.69) is 24.0 Å². The number of benzene rings is 2. The number of aromatic nitrogens is 1. The van der Waals surface area contributed by atoms with Gasteiger partial charge in [-0.2, -0.15) is 0 Å². The highest BCUT2D eigenvalue weighted by molar-refractivity contribution is 7.98. The van der Waals surface area contributed by atoms with E-state index in [9.17, 15) is 4.79 Å². The van der Waals surface area contributed by atoms with E-state index in [0.717, 1.165) is 22.8 Å². The predicted octanol–water partition coefficient (Wildman–Crippen LogP) is 4.95. The molecule has 4 nitrogen and oxygen atoms in total. The Labute approximate surface area is 144 Å². The van der Waals surface area contributed by atoms with Crippen LogP contribution in [0, 0.1) is 13.8 Å². The number of hydrogen-bond donors (Lipinski definition) is 1. The molecule has 0 aliphatic rings. The van der Waals surface area contributed by atoms with Gasteiger partial charge in [0.25, 0.3) is 0 Å². The molecule has 3 rings (SSSR count). The average Bonchev–Trinajstić information content (AvgIpc) is 2.95. The second-order valence-corrected chi connectivity index (χ2v) is 6.48. The lowest BCUT2D eigenvalue weighted by Gasteiger charge is -2.03. The van der Waals surface area contributed by atoms with Crippen LogP contribution in [0.15, 0.2) is 57.8 Å². The van der Waals surface area contributed by atoms with Crippen molar-refractivity contribution in [3.8, 4) is 11.5 Å². The second-order valence-electron chi connectivity index (χ2n) is 5.46. The lowest BCUT2D eigenvalue weighted by atomic mass is 10.1. The van der Waals surface area contributed by atoms with Crippen LogP contribution in [0.5, 0.6) is 0 Å². The van der Waals surface area contributed by atoms with Crippen LogP contribution in [-0.4, -0.2) is 16.1 Å². The average molecular weight is 339 g/mol. The Hall–Kier alpha value is -2.53. The van der Waals surface area contributed by atoms with Crippen molar-refractivity contribution in [1.29, 1.82) is 0 Å². The number of thioether (sulfide) groups is 1. The minimum Gasteiger partial charge on any atom is -0.478 e. The van der Waals surface area contributed by atoms with Crippen molar-refractivity contribution in [2.75, 3.05) is 0 Å². The van der Waals surface area contributed by atoms with Crippen LogP contribution in [-0.2, 0) is 5.75 Å². The number of rotatable bonds is 5. The lowest BCUT2D eigenvalue weighted by Crippen LogP contribution is -1.95. The van der Waals surface area contributed by atoms with E-state index in [4.69, 9.17) is 9.52 Å². The zero-order chi connectivity index (χ0) is 17.1. The number of aryl methyl sites for hydroxylation is 2. The molecule has 122 valence electrons. The fourth-order valence-electron chi connectivity index (χ4n) is 2.31. The molecule has 1 N–H and O–H groups in total. The summed E-state index contributed by atoms with van der Waals surface area (Å²) in [4.78, 5) is 16.7. The zero-order valence-corrected chi connectivity index (χ0v) is 14.3. The summed E-state index contributed by atoms with van der Waals surface area (Å²) in [6, 6.07) is 14.8. The minimum atomic E-state index is -0.944. The molecule has 0 atom stereocenters. The van der Waals surface area contributed by atoms with Gasteiger partial charge in [0.15, 0.2) is 0 Å². The van der Waals surface area contributed by atoms with Crippen molar-refractivity contribution < 1.29 is 14.3 Å². The van der Waals surface area contributed by atoms with Gasteiger partial charge in [-0.25, -0.2) is 9.78 Å². The third kappa shape index (κ3) is 3.51. The molecule has 5 heteroatoms. The van der Waals surface area contributed by atoms with Gasteiger partial charge in [-0.15, -0.1) is 11.8 Å². The lowest BCUT2D eigenvalue weighted by molar-refractivity contribution is 0.0697. The summed E-state index contributed by atoms with van der Waals surface area (Å²) in [6.45, 7) is 3.99. The molecule has 0 spiro atoms. The first-order chi connectivity index (χ1) is 11.5. The molecule has 0 aliphatic carbocycles. The first-order valence-electron chi connectivity index (χ1n) is 7.53. The van der Waals surface area contributed by atoms with Gasteiger partial charge in [0, 0.05) is 16.2 Å². The second kappa shape index (κ2) is 6.93. The molecule has 0 bridgehead atoms. The third-order valence-corrected chi connectivity index (χ3v) is 4.92. The van der Waals surface area contributed by atoms with Crippen molar-refractivity contribution in [2.24, 2.45) is 0 Å². The van der Waals surface area contributed by atoms with Gasteiger partial charge in [0.05, 0.1) is 11.3 Å². The maximum Gasteiger partial charge on any atom is 0.335 e. The Kier molecular flexibility index (Phi) is 4.71. The monoisotopic (exact) mass is 339 g/mol. The molecule has 24 heavy (non-hydrogen) atoms. The van der Waals surface area contributed by atoms with Crippen LogP contribution in [0.4, 0.5) is 0 Å². The van der Waals surface area contributed by atoms with E-state index in [1.54, 1.807) is 36.0 Å². The van der Waals surface area contributed by atoms with E-state index in [1.165, 1.54) is 10.5 Å². The maximum atomic E-state index is 10.9. The minimum absolute atomic E-state index is 0.248. The van der Waals surface area contributed by atoms with Crippen LogP contribution in [0.2, 0.25) is 0 Å². The van der Waals surface area contributed by atoms with Crippen LogP contribution < -0.4 is 0 Å². The molecule has 3 aromatic rings. The van der Waals surface area contributed by atoms with E-state index >= 15 is 0 Å². The highest BCUT2D eigenvalue weighted by atomic mass is 32.2. The molecule has 0 saturated heterocycles. The molecule has 1 heterocycles. The van der Waals surface area contributed by atoms with Gasteiger partial charge >= 0.3 is 5.97 Å². The Morgan fingerprint density at radius 2 is 1.83 bits per heavy atom. The zero-order valence-electron chi connectivity index (χ0n) is 13.4. The SMILES string of the molecule is Cc1ccccc1SCc1nc(-c2ccc(C(=O)O)cc2)oc1C. The Morgan fingerprint density at radius 1 is 1.12 bits per heavy atom. The number of carboxylic acids is 1. The highest BCUT2D eigenvalue weighted by Crippen LogP contribution is 2.29. The van der Waals surface area contributed by atoms with E-state index in [-0.39, 0.29) is 5.56 Å². The summed E-state index contributed by atoms with van der Waals surface area (Å²) in [5.41, 5.74) is 3.17. The summed E-state index contributed by atoms with van der Waals surface area (Å²) >= 11 is 1.73. The highest BCUT2D eigenvalue weighted by Gasteiger charge is 2.13. The standard InChI is InChI=1S/C19H17NO3S/c1-12-5-3-4-6-17(12)24-11-16-13(2)23-18(20-16)14-7-9-15(10-8-14)19(21)22/h3-10H,11H2,1-2H3,(H,21,22). The Morgan fingerprint density at radius 3 is 2.50 bits per heavy atom. The van der Waals surface area contributed by atoms with Crippen molar-refractivity contribution in [3.63, 3.8) is 0 Å². The van der Waals surface area contributed by atoms with E-state index in [0.29, 0.717) is 5.89 Å². The van der Waals surface area contributed by atoms with Gasteiger partial charge < -0.3 is 9.52 Å². The van der Waals surface area contributed by atoms with Crippen molar-refractivity contribution in [3.05, 3.63) is 71.1 Å². The van der Waals surface area contributed by atoms with Crippen LogP contribution in [0.3, 0.4) is 0 Å². The van der Waals surface area contributed by atoms with Crippen LogP contribution in [0.1, 0.15) is 27.4 Å². The van der Waals surface area contributed by atoms with Gasteiger partial charge in [-0.3, -0.25) is 0 Å². The Bertz CT molecular complexity index is 869. The molecule has 0 amide bonds. The van der Waals surface area contributed by atoms with E-state index in [1.807, 2.05) is 19.1 Å². The topological polar surface area (TPSA) is 63.3 Å². The quantitative estimate of drug-likeness (QED) is 0.666. The molecular formula is C19H17NO3S. The third-order valence-electron chi connectivity index (χ3n) is 3.73. The maximum absolute atomic E-state index is 10.9. The number of carboxylic acid groups (broad SMARTS) is 1. The first kappa shape index (κ1) is 16.3. The molecule has 0 unspecified atom stereocenters. The molecular weight excluding hydrogens is 322 g/mol. The molecule has 0 saturated carbocycles. The summed E-state index contributed by atoms with van der Waals surface area (Å²) in [5.74, 6) is 1.09. The number of nitrogens with zero attached hydrogens (tertiary/aromatic N) is 1. The number of carbonyl (C=O) groups is 1. The molecule has 0 aliphatic heterocycles. The summed E-state index contributed by atoms with van der Waals surface area (Å²) in [6.07, 6.45) is 0. The molecule has 0 fully saturated rings. The van der Waals surface area contributed by atoms with Gasteiger partial charge in [0.1, 0.15) is 5.76 Å². The molecule has 1 aromatic heterocycles. The van der Waals surface area contributed by atoms with Crippen molar-refractivity contribution in [1.82, 2.24) is 4.98 Å². The molecule has 0 radical (unpaired) electrons. The smallest absolute Gasteiger partial charge is 0.335 e. The number of aromatic carboxylic acids is 1. The van der Waals surface area contributed by atoms with E-state index < -0.39 is 5.97 Å². The van der Waals surface area contributed by atoms with Gasteiger partial charge in [0.2, 0.25) is 5.89 Å². The summed E-state index contributed by atoms with van der Waals surface area (Å²) in [5, 5.41) is 8.95. The van der Waals surface area contributed by atoms with Crippen LogP contribution >= 0.6 is 11.8 Å². The summed E-state index contributed by atoms with van der Waals surface area (Å²) < 4.78 is 5.75. The van der Waals surface area contributed by atoms with Gasteiger partial charge in [-0.1, -0.05) is 18.2 Å². The largest absolute Gasteiger partial charge is 0.478 e. The van der Waals surface area contributed by atoms with Crippen molar-refractivity contribution in [2.45, 2.75) is 24.5 Å². The fraction of sp³-hybridized carbons (Fsp3) is 0.158. The fourth-order valence-corrected chi connectivity index (χ4v) is 3.34. The van der Waals surface area contributed by atoms with Crippen molar-refractivity contribution >= 4 is 17.7 Å². The normalized spacial score (nSPS) is 10.8. The molecule has 2 aromatic carbocycles. The Balaban J connectivity index is 1.77. The summed E-state index contributed by atoms with van der Waals surface area (Å²) in [7, 11) is 0. The van der Waals surface area contributed by atoms with Gasteiger partial charge in [-0.05, 0) is 49.7 Å². The predicted molar refractivity (Wildman–Crippen MR) is 94.4 cm³/mol. The van der Waals surface area contributed by atoms with Crippen LogP contribution in [0.25, 0.3) is 11.5 Å². The number of oxazole rings is 1.